The van der Waals surface area contributed by atoms with Gasteiger partial charge in [0.25, 0.3) is 0 Å². The fourth-order valence-electron chi connectivity index (χ4n) is 2.96. The fraction of sp³-hybridized carbons (Fsp3) is 0.222. The lowest BCUT2D eigenvalue weighted by molar-refractivity contribution is 0.640. The fourth-order valence-corrected chi connectivity index (χ4v) is 2.96. The van der Waals surface area contributed by atoms with E-state index >= 15 is 0 Å². The number of aryl methyl sites for hydroxylation is 1. The minimum Gasteiger partial charge on any atom is -0.327 e. The molecule has 1 aliphatic rings. The molecule has 1 saturated carbocycles. The highest BCUT2D eigenvalue weighted by atomic mass is 19.1. The lowest BCUT2D eigenvalue weighted by Gasteiger charge is -2.09. The molecule has 1 heterocycles. The first-order valence-corrected chi connectivity index (χ1v) is 7.42. The van der Waals surface area contributed by atoms with Crippen LogP contribution >= 0.6 is 0 Å². The third-order valence-corrected chi connectivity index (χ3v) is 4.22. The highest BCUT2D eigenvalue weighted by Gasteiger charge is 2.36. The van der Waals surface area contributed by atoms with Crippen molar-refractivity contribution in [1.82, 2.24) is 9.97 Å². The molecule has 0 saturated heterocycles. The van der Waals surface area contributed by atoms with E-state index in [1.54, 1.807) is 12.1 Å². The monoisotopic (exact) mass is 293 g/mol. The van der Waals surface area contributed by atoms with Crippen LogP contribution in [0, 0.1) is 12.7 Å². The predicted molar refractivity (Wildman–Crippen MR) is 85.0 cm³/mol. The lowest BCUT2D eigenvalue weighted by Crippen LogP contribution is -2.04. The van der Waals surface area contributed by atoms with Gasteiger partial charge in [-0.2, -0.15) is 0 Å². The maximum Gasteiger partial charge on any atom is 0.131 e. The third-order valence-electron chi connectivity index (χ3n) is 4.22. The minimum absolute atomic E-state index is 0.201. The molecule has 2 aromatic carbocycles. The van der Waals surface area contributed by atoms with E-state index in [4.69, 9.17) is 5.73 Å². The molecule has 2 atom stereocenters. The molecule has 4 heteroatoms. The Morgan fingerprint density at radius 3 is 2.55 bits per heavy atom. The first-order valence-electron chi connectivity index (χ1n) is 7.42. The smallest absolute Gasteiger partial charge is 0.131 e. The summed E-state index contributed by atoms with van der Waals surface area (Å²) in [4.78, 5) is 9.05. The second-order valence-corrected chi connectivity index (χ2v) is 5.87. The molecule has 4 rings (SSSR count). The summed E-state index contributed by atoms with van der Waals surface area (Å²) in [6.45, 7) is 1.88. The van der Waals surface area contributed by atoms with E-state index in [-0.39, 0.29) is 11.9 Å². The van der Waals surface area contributed by atoms with E-state index in [0.717, 1.165) is 34.6 Å². The molecule has 1 aromatic heterocycles. The van der Waals surface area contributed by atoms with Gasteiger partial charge in [0.2, 0.25) is 0 Å². The van der Waals surface area contributed by atoms with Crippen molar-refractivity contribution in [3.63, 3.8) is 0 Å². The topological polar surface area (TPSA) is 51.8 Å². The Bertz CT molecular complexity index is 875. The van der Waals surface area contributed by atoms with Crippen LogP contribution in [0.3, 0.4) is 0 Å². The average molecular weight is 293 g/mol. The summed E-state index contributed by atoms with van der Waals surface area (Å²) in [5.74, 6) is 0.835. The van der Waals surface area contributed by atoms with Crippen LogP contribution in [-0.4, -0.2) is 16.0 Å². The van der Waals surface area contributed by atoms with Gasteiger partial charge in [0.1, 0.15) is 11.6 Å². The van der Waals surface area contributed by atoms with Crippen LogP contribution in [0.5, 0.6) is 0 Å². The largest absolute Gasteiger partial charge is 0.327 e. The van der Waals surface area contributed by atoms with Gasteiger partial charge in [-0.05, 0) is 36.9 Å². The molecule has 22 heavy (non-hydrogen) atoms. The molecule has 0 radical (unpaired) electrons. The Balaban J connectivity index is 1.92. The van der Waals surface area contributed by atoms with E-state index in [1.807, 2.05) is 31.2 Å². The van der Waals surface area contributed by atoms with Crippen LogP contribution in [0.4, 0.5) is 4.39 Å². The molecule has 1 fully saturated rings. The maximum atomic E-state index is 14.0. The van der Waals surface area contributed by atoms with Crippen molar-refractivity contribution in [3.8, 4) is 11.3 Å². The Hall–Kier alpha value is -2.33. The zero-order valence-electron chi connectivity index (χ0n) is 12.3. The zero-order chi connectivity index (χ0) is 15.3. The second kappa shape index (κ2) is 4.85. The summed E-state index contributed by atoms with van der Waals surface area (Å²) in [5, 5.41) is 1.48. The maximum absolute atomic E-state index is 14.0. The number of halogens is 1. The number of benzene rings is 2. The van der Waals surface area contributed by atoms with E-state index in [9.17, 15) is 4.39 Å². The second-order valence-electron chi connectivity index (χ2n) is 5.87. The standard InChI is InChI=1S/C18H16FN3/c1-10-21-17(9-18(22-10)14-8-16(14)20)13-6-7-15(19)12-5-3-2-4-11(12)13/h2-7,9,14,16H,8,20H2,1H3. The molecular formula is C18H16FN3. The Kier molecular flexibility index (Phi) is 2.94. The molecule has 0 spiro atoms. The van der Waals surface area contributed by atoms with Gasteiger partial charge in [-0.15, -0.1) is 0 Å². The summed E-state index contributed by atoms with van der Waals surface area (Å²) in [5.41, 5.74) is 8.69. The molecule has 110 valence electrons. The minimum atomic E-state index is -0.213. The van der Waals surface area contributed by atoms with Crippen molar-refractivity contribution in [3.05, 3.63) is 59.8 Å². The molecule has 1 aliphatic carbocycles. The van der Waals surface area contributed by atoms with Gasteiger partial charge in [-0.25, -0.2) is 14.4 Å². The van der Waals surface area contributed by atoms with Gasteiger partial charge in [-0.1, -0.05) is 24.3 Å². The van der Waals surface area contributed by atoms with Crippen molar-refractivity contribution in [1.29, 1.82) is 0 Å². The Labute approximate surface area is 128 Å². The van der Waals surface area contributed by atoms with Crippen molar-refractivity contribution >= 4 is 10.8 Å². The highest BCUT2D eigenvalue weighted by Crippen LogP contribution is 2.39. The van der Waals surface area contributed by atoms with Gasteiger partial charge in [-0.3, -0.25) is 0 Å². The number of aromatic nitrogens is 2. The van der Waals surface area contributed by atoms with Gasteiger partial charge < -0.3 is 5.73 Å². The Morgan fingerprint density at radius 1 is 1.09 bits per heavy atom. The summed E-state index contributed by atoms with van der Waals surface area (Å²) in [6, 6.07) is 12.9. The summed E-state index contributed by atoms with van der Waals surface area (Å²) in [6.07, 6.45) is 0.972. The summed E-state index contributed by atoms with van der Waals surface area (Å²) < 4.78 is 14.0. The zero-order valence-corrected chi connectivity index (χ0v) is 12.3. The number of hydrogen-bond acceptors (Lipinski definition) is 3. The molecule has 3 nitrogen and oxygen atoms in total. The quantitative estimate of drug-likeness (QED) is 0.786. The van der Waals surface area contributed by atoms with Crippen molar-refractivity contribution in [2.75, 3.05) is 0 Å². The number of fused-ring (bicyclic) bond motifs is 1. The van der Waals surface area contributed by atoms with Gasteiger partial charge in [0.05, 0.1) is 5.69 Å². The number of nitrogens with zero attached hydrogens (tertiary/aromatic N) is 2. The van der Waals surface area contributed by atoms with Gasteiger partial charge >= 0.3 is 0 Å². The first kappa shape index (κ1) is 13.3. The molecule has 2 unspecified atom stereocenters. The third kappa shape index (κ3) is 2.16. The summed E-state index contributed by atoms with van der Waals surface area (Å²) >= 11 is 0. The van der Waals surface area contributed by atoms with Crippen LogP contribution in [-0.2, 0) is 0 Å². The summed E-state index contributed by atoms with van der Waals surface area (Å²) in [7, 11) is 0. The number of rotatable bonds is 2. The normalized spacial score (nSPS) is 20.3. The lowest BCUT2D eigenvalue weighted by atomic mass is 10.0. The average Bonchev–Trinajstić information content (AvgIpc) is 3.24. The highest BCUT2D eigenvalue weighted by molar-refractivity contribution is 5.96. The van der Waals surface area contributed by atoms with Crippen LogP contribution in [0.1, 0.15) is 23.9 Å². The first-order chi connectivity index (χ1) is 10.6. The van der Waals surface area contributed by atoms with Crippen molar-refractivity contribution < 1.29 is 4.39 Å². The molecular weight excluding hydrogens is 277 g/mol. The number of nitrogens with two attached hydrogens (primary N) is 1. The molecule has 0 amide bonds. The molecule has 0 aliphatic heterocycles. The van der Waals surface area contributed by atoms with Crippen molar-refractivity contribution in [2.45, 2.75) is 25.3 Å². The molecule has 3 aromatic rings. The molecule has 2 N–H and O–H groups in total. The van der Waals surface area contributed by atoms with Crippen LogP contribution in [0.25, 0.3) is 22.0 Å². The SMILES string of the molecule is Cc1nc(-c2ccc(F)c3ccccc23)cc(C2CC2N)n1. The van der Waals surface area contributed by atoms with Crippen molar-refractivity contribution in [2.24, 2.45) is 5.73 Å². The number of hydrogen-bond donors (Lipinski definition) is 1. The van der Waals surface area contributed by atoms with E-state index < -0.39 is 0 Å². The van der Waals surface area contributed by atoms with Gasteiger partial charge in [0, 0.05) is 28.6 Å². The van der Waals surface area contributed by atoms with Gasteiger partial charge in [0.15, 0.2) is 0 Å². The van der Waals surface area contributed by atoms with E-state index in [0.29, 0.717) is 11.3 Å². The molecule has 0 bridgehead atoms. The van der Waals surface area contributed by atoms with E-state index in [2.05, 4.69) is 9.97 Å². The Morgan fingerprint density at radius 2 is 1.82 bits per heavy atom. The predicted octanol–water partition coefficient (Wildman–Crippen LogP) is 3.56. The van der Waals surface area contributed by atoms with E-state index in [1.165, 1.54) is 6.07 Å². The van der Waals surface area contributed by atoms with Crippen LogP contribution in [0.2, 0.25) is 0 Å². The van der Waals surface area contributed by atoms with Crippen LogP contribution < -0.4 is 5.73 Å². The van der Waals surface area contributed by atoms with Crippen LogP contribution in [0.15, 0.2) is 42.5 Å².